The lowest BCUT2D eigenvalue weighted by molar-refractivity contribution is -0.118. The van der Waals surface area contributed by atoms with Crippen molar-refractivity contribution in [2.45, 2.75) is 57.5 Å². The fraction of sp³-hybridized carbons (Fsp3) is 0.714. The van der Waals surface area contributed by atoms with Gasteiger partial charge in [-0.1, -0.05) is 12.8 Å². The highest BCUT2D eigenvalue weighted by atomic mass is 16.1. The van der Waals surface area contributed by atoms with Crippen LogP contribution in [0.2, 0.25) is 0 Å². The molecule has 5 heteroatoms. The molecule has 2 aliphatic rings. The molecule has 0 unspecified atom stereocenters. The summed E-state index contributed by atoms with van der Waals surface area (Å²) in [5, 5.41) is 3.37. The second-order valence-electron chi connectivity index (χ2n) is 5.64. The largest absolute Gasteiger partial charge is 0.370 e. The van der Waals surface area contributed by atoms with Crippen LogP contribution in [0.15, 0.2) is 0 Å². The summed E-state index contributed by atoms with van der Waals surface area (Å²) in [5.74, 6) is 1.56. The molecule has 1 aromatic rings. The van der Waals surface area contributed by atoms with Crippen LogP contribution in [0.5, 0.6) is 0 Å². The van der Waals surface area contributed by atoms with Crippen molar-refractivity contribution >= 4 is 5.91 Å². The Morgan fingerprint density at radius 1 is 1.42 bits per heavy atom. The summed E-state index contributed by atoms with van der Waals surface area (Å²) >= 11 is 0. The van der Waals surface area contributed by atoms with Crippen molar-refractivity contribution in [2.75, 3.05) is 6.54 Å². The zero-order chi connectivity index (χ0) is 13.2. The molecule has 1 fully saturated rings. The molecule has 3 rings (SSSR count). The van der Waals surface area contributed by atoms with E-state index < -0.39 is 0 Å². The molecule has 1 aliphatic heterocycles. The molecule has 104 valence electrons. The number of fused-ring (bicyclic) bond motifs is 1. The fourth-order valence-electron chi connectivity index (χ4n) is 3.36. The molecule has 0 spiro atoms. The van der Waals surface area contributed by atoms with Gasteiger partial charge in [0.1, 0.15) is 5.82 Å². The van der Waals surface area contributed by atoms with Crippen molar-refractivity contribution in [1.82, 2.24) is 14.9 Å². The van der Waals surface area contributed by atoms with E-state index in [1.54, 1.807) is 0 Å². The highest BCUT2D eigenvalue weighted by Gasteiger charge is 2.26. The molecule has 0 bridgehead atoms. The minimum absolute atomic E-state index is 0.228. The Bertz CT molecular complexity index is 474. The van der Waals surface area contributed by atoms with Gasteiger partial charge in [-0.3, -0.25) is 4.79 Å². The molecule has 1 saturated carbocycles. The van der Waals surface area contributed by atoms with E-state index in [1.165, 1.54) is 42.9 Å². The lowest BCUT2D eigenvalue weighted by atomic mass is 10.1. The number of primary amides is 1. The van der Waals surface area contributed by atoms with Crippen molar-refractivity contribution in [3.63, 3.8) is 0 Å². The zero-order valence-corrected chi connectivity index (χ0v) is 11.3. The van der Waals surface area contributed by atoms with E-state index in [2.05, 4.69) is 9.88 Å². The molecular formula is C14H22N4O. The van der Waals surface area contributed by atoms with E-state index in [0.717, 1.165) is 19.5 Å². The summed E-state index contributed by atoms with van der Waals surface area (Å²) < 4.78 is 2.29. The molecule has 3 N–H and O–H groups in total. The van der Waals surface area contributed by atoms with Gasteiger partial charge in [-0.05, 0) is 12.8 Å². The SMILES string of the molecule is NC(=O)CCn1c(C2CCCC2)nc2c1CCNC2. The lowest BCUT2D eigenvalue weighted by Crippen LogP contribution is -2.25. The first-order chi connectivity index (χ1) is 9.25. The summed E-state index contributed by atoms with van der Waals surface area (Å²) in [4.78, 5) is 15.9. The molecule has 0 radical (unpaired) electrons. The Kier molecular flexibility index (Phi) is 3.55. The first-order valence-electron chi connectivity index (χ1n) is 7.33. The quantitative estimate of drug-likeness (QED) is 0.852. The van der Waals surface area contributed by atoms with Gasteiger partial charge in [0.25, 0.3) is 0 Å². The fourth-order valence-corrected chi connectivity index (χ4v) is 3.36. The third-order valence-corrected chi connectivity index (χ3v) is 4.32. The van der Waals surface area contributed by atoms with Gasteiger partial charge in [-0.15, -0.1) is 0 Å². The van der Waals surface area contributed by atoms with Gasteiger partial charge < -0.3 is 15.6 Å². The van der Waals surface area contributed by atoms with E-state index in [9.17, 15) is 4.79 Å². The first-order valence-corrected chi connectivity index (χ1v) is 7.33. The smallest absolute Gasteiger partial charge is 0.219 e. The van der Waals surface area contributed by atoms with Gasteiger partial charge in [0.15, 0.2) is 0 Å². The third kappa shape index (κ3) is 2.52. The minimum atomic E-state index is -0.228. The molecular weight excluding hydrogens is 240 g/mol. The average molecular weight is 262 g/mol. The minimum Gasteiger partial charge on any atom is -0.370 e. The van der Waals surface area contributed by atoms with Gasteiger partial charge >= 0.3 is 0 Å². The Morgan fingerprint density at radius 2 is 2.21 bits per heavy atom. The summed E-state index contributed by atoms with van der Waals surface area (Å²) in [6.07, 6.45) is 6.50. The molecule has 1 aliphatic carbocycles. The molecule has 5 nitrogen and oxygen atoms in total. The van der Waals surface area contributed by atoms with Crippen molar-refractivity contribution < 1.29 is 4.79 Å². The summed E-state index contributed by atoms with van der Waals surface area (Å²) in [5.41, 5.74) is 7.80. The number of nitrogens with two attached hydrogens (primary N) is 1. The number of amides is 1. The van der Waals surface area contributed by atoms with Crippen molar-refractivity contribution in [3.8, 4) is 0 Å². The van der Waals surface area contributed by atoms with Crippen molar-refractivity contribution in [1.29, 1.82) is 0 Å². The van der Waals surface area contributed by atoms with Crippen LogP contribution >= 0.6 is 0 Å². The molecule has 19 heavy (non-hydrogen) atoms. The van der Waals surface area contributed by atoms with Crippen LogP contribution in [0.1, 0.15) is 55.2 Å². The zero-order valence-electron chi connectivity index (χ0n) is 11.3. The lowest BCUT2D eigenvalue weighted by Gasteiger charge is -2.17. The molecule has 2 heterocycles. The van der Waals surface area contributed by atoms with E-state index in [0.29, 0.717) is 18.9 Å². The number of rotatable bonds is 4. The number of carbonyl (C=O) groups is 1. The number of imidazole rings is 1. The molecule has 0 saturated heterocycles. The standard InChI is InChI=1S/C14H22N4O/c15-13(19)6-8-18-12-5-7-16-9-11(12)17-14(18)10-3-1-2-4-10/h10,16H,1-9H2,(H2,15,19). The van der Waals surface area contributed by atoms with Gasteiger partial charge in [0.2, 0.25) is 5.91 Å². The summed E-state index contributed by atoms with van der Waals surface area (Å²) in [6.45, 7) is 2.56. The third-order valence-electron chi connectivity index (χ3n) is 4.32. The number of hydrogen-bond donors (Lipinski definition) is 2. The van der Waals surface area contributed by atoms with Gasteiger partial charge in [0, 0.05) is 44.1 Å². The summed E-state index contributed by atoms with van der Waals surface area (Å²) in [6, 6.07) is 0. The monoisotopic (exact) mass is 262 g/mol. The molecule has 1 amide bonds. The number of nitrogens with zero attached hydrogens (tertiary/aromatic N) is 2. The highest BCUT2D eigenvalue weighted by Crippen LogP contribution is 2.35. The predicted molar refractivity (Wildman–Crippen MR) is 72.7 cm³/mol. The Morgan fingerprint density at radius 3 is 2.95 bits per heavy atom. The van der Waals surface area contributed by atoms with E-state index in [4.69, 9.17) is 10.7 Å². The van der Waals surface area contributed by atoms with Crippen LogP contribution in [-0.4, -0.2) is 22.0 Å². The van der Waals surface area contributed by atoms with Gasteiger partial charge in [0.05, 0.1) is 5.69 Å². The van der Waals surface area contributed by atoms with E-state index in [1.807, 2.05) is 0 Å². The van der Waals surface area contributed by atoms with E-state index >= 15 is 0 Å². The van der Waals surface area contributed by atoms with Crippen LogP contribution in [0.3, 0.4) is 0 Å². The van der Waals surface area contributed by atoms with Crippen LogP contribution in [0.25, 0.3) is 0 Å². The second-order valence-corrected chi connectivity index (χ2v) is 5.64. The molecule has 0 aromatic carbocycles. The number of nitrogens with one attached hydrogen (secondary N) is 1. The Labute approximate surface area is 113 Å². The highest BCUT2D eigenvalue weighted by molar-refractivity contribution is 5.73. The predicted octanol–water partition coefficient (Wildman–Crippen LogP) is 1.06. The topological polar surface area (TPSA) is 72.9 Å². The normalized spacial score (nSPS) is 19.6. The van der Waals surface area contributed by atoms with Crippen LogP contribution < -0.4 is 11.1 Å². The van der Waals surface area contributed by atoms with Crippen molar-refractivity contribution in [2.24, 2.45) is 5.73 Å². The average Bonchev–Trinajstić information content (AvgIpc) is 3.03. The summed E-state index contributed by atoms with van der Waals surface area (Å²) in [7, 11) is 0. The van der Waals surface area contributed by atoms with Gasteiger partial charge in [-0.25, -0.2) is 4.98 Å². The Balaban J connectivity index is 1.91. The van der Waals surface area contributed by atoms with E-state index in [-0.39, 0.29) is 5.91 Å². The molecule has 1 aromatic heterocycles. The maximum atomic E-state index is 11.1. The number of aromatic nitrogens is 2. The maximum Gasteiger partial charge on any atom is 0.219 e. The first kappa shape index (κ1) is 12.7. The number of hydrogen-bond acceptors (Lipinski definition) is 3. The number of carbonyl (C=O) groups excluding carboxylic acids is 1. The van der Waals surface area contributed by atoms with Gasteiger partial charge in [-0.2, -0.15) is 0 Å². The van der Waals surface area contributed by atoms with Crippen LogP contribution in [-0.2, 0) is 24.3 Å². The van der Waals surface area contributed by atoms with Crippen LogP contribution in [0.4, 0.5) is 0 Å². The van der Waals surface area contributed by atoms with Crippen LogP contribution in [0, 0.1) is 0 Å². The second kappa shape index (κ2) is 5.33. The van der Waals surface area contributed by atoms with Crippen molar-refractivity contribution in [3.05, 3.63) is 17.2 Å². The molecule has 0 atom stereocenters. The Hall–Kier alpha value is -1.36. The maximum absolute atomic E-state index is 11.1.